The Bertz CT molecular complexity index is 1250. The van der Waals surface area contributed by atoms with E-state index in [2.05, 4.69) is 10.2 Å². The maximum absolute atomic E-state index is 13.1. The van der Waals surface area contributed by atoms with Crippen LogP contribution in [0.15, 0.2) is 53.4 Å². The van der Waals surface area contributed by atoms with E-state index >= 15 is 0 Å². The number of piperazine rings is 1. The molecule has 2 heterocycles. The molecule has 1 saturated heterocycles. The Labute approximate surface area is 196 Å². The number of aromatic nitrogens is 2. The van der Waals surface area contributed by atoms with Gasteiger partial charge in [0.05, 0.1) is 24.8 Å². The van der Waals surface area contributed by atoms with E-state index in [9.17, 15) is 13.2 Å². The highest BCUT2D eigenvalue weighted by Gasteiger charge is 2.31. The molecule has 9 nitrogen and oxygen atoms in total. The van der Waals surface area contributed by atoms with Gasteiger partial charge in [0.1, 0.15) is 5.69 Å². The van der Waals surface area contributed by atoms with Gasteiger partial charge in [-0.2, -0.15) is 9.40 Å². The molecule has 3 aromatic rings. The van der Waals surface area contributed by atoms with Crippen LogP contribution in [0.2, 0.25) is 5.02 Å². The van der Waals surface area contributed by atoms with E-state index in [1.54, 1.807) is 29.2 Å². The number of benzene rings is 2. The van der Waals surface area contributed by atoms with Gasteiger partial charge < -0.3 is 14.4 Å². The minimum absolute atomic E-state index is 0.112. The van der Waals surface area contributed by atoms with Crippen LogP contribution in [0.3, 0.4) is 0 Å². The third-order valence-corrected chi connectivity index (χ3v) is 7.61. The molecule has 0 spiro atoms. The lowest BCUT2D eigenvalue weighted by Crippen LogP contribution is -2.50. The van der Waals surface area contributed by atoms with Crippen LogP contribution in [0.1, 0.15) is 10.5 Å². The first-order valence-corrected chi connectivity index (χ1v) is 12.0. The first-order valence-electron chi connectivity index (χ1n) is 10.2. The summed E-state index contributed by atoms with van der Waals surface area (Å²) in [6.07, 6.45) is 0. The van der Waals surface area contributed by atoms with Gasteiger partial charge in [-0.05, 0) is 30.3 Å². The zero-order valence-corrected chi connectivity index (χ0v) is 19.7. The fraction of sp³-hybridized carbons (Fsp3) is 0.273. The Kier molecular flexibility index (Phi) is 6.59. The van der Waals surface area contributed by atoms with Crippen LogP contribution < -0.4 is 9.47 Å². The molecule has 1 amide bonds. The van der Waals surface area contributed by atoms with Crippen molar-refractivity contribution in [1.82, 2.24) is 19.4 Å². The standard InChI is InChI=1S/C22H23ClN4O5S/c1-31-20-8-7-17(13-21(20)32-2)33(29,30)27-11-9-26(10-12-27)22(28)19-14-18(24-25-19)15-3-5-16(23)6-4-15/h3-8,13-14H,9-12H2,1-2H3,(H,24,25). The lowest BCUT2D eigenvalue weighted by molar-refractivity contribution is 0.0692. The summed E-state index contributed by atoms with van der Waals surface area (Å²) in [6.45, 7) is 0.891. The average molecular weight is 491 g/mol. The van der Waals surface area contributed by atoms with Gasteiger partial charge in [0.25, 0.3) is 5.91 Å². The molecule has 0 unspecified atom stereocenters. The monoisotopic (exact) mass is 490 g/mol. The van der Waals surface area contributed by atoms with Gasteiger partial charge in [-0.1, -0.05) is 23.7 Å². The first-order chi connectivity index (χ1) is 15.8. The van der Waals surface area contributed by atoms with Gasteiger partial charge in [-0.15, -0.1) is 0 Å². The van der Waals surface area contributed by atoms with Gasteiger partial charge in [-0.3, -0.25) is 9.89 Å². The van der Waals surface area contributed by atoms with Crippen molar-refractivity contribution >= 4 is 27.5 Å². The fourth-order valence-electron chi connectivity index (χ4n) is 3.63. The summed E-state index contributed by atoms with van der Waals surface area (Å²) in [6, 6.07) is 13.3. The summed E-state index contributed by atoms with van der Waals surface area (Å²) in [5.41, 5.74) is 1.81. The normalized spacial score (nSPS) is 14.8. The first kappa shape index (κ1) is 23.1. The molecule has 0 atom stereocenters. The predicted octanol–water partition coefficient (Wildman–Crippen LogP) is 2.89. The van der Waals surface area contributed by atoms with Crippen molar-refractivity contribution in [2.45, 2.75) is 4.90 Å². The molecule has 1 aromatic heterocycles. The summed E-state index contributed by atoms with van der Waals surface area (Å²) < 4.78 is 37.9. The van der Waals surface area contributed by atoms with Gasteiger partial charge >= 0.3 is 0 Å². The van der Waals surface area contributed by atoms with Crippen LogP contribution in [-0.4, -0.2) is 74.1 Å². The predicted molar refractivity (Wildman–Crippen MR) is 123 cm³/mol. The maximum atomic E-state index is 13.1. The second-order valence-corrected chi connectivity index (χ2v) is 9.76. The number of H-pyrrole nitrogens is 1. The highest BCUT2D eigenvalue weighted by atomic mass is 35.5. The van der Waals surface area contributed by atoms with Crippen LogP contribution in [0.4, 0.5) is 0 Å². The number of hydrogen-bond donors (Lipinski definition) is 1. The molecule has 174 valence electrons. The van der Waals surface area contributed by atoms with E-state index in [4.69, 9.17) is 21.1 Å². The van der Waals surface area contributed by atoms with Crippen molar-refractivity contribution in [3.63, 3.8) is 0 Å². The van der Waals surface area contributed by atoms with Crippen LogP contribution >= 0.6 is 11.6 Å². The second kappa shape index (κ2) is 9.42. The largest absolute Gasteiger partial charge is 0.493 e. The molecular weight excluding hydrogens is 468 g/mol. The number of sulfonamides is 1. The Morgan fingerprint density at radius 2 is 1.64 bits per heavy atom. The molecule has 1 aliphatic heterocycles. The smallest absolute Gasteiger partial charge is 0.271 e. The molecule has 1 fully saturated rings. The SMILES string of the molecule is COc1ccc(S(=O)(=O)N2CCN(C(=O)c3cc(-c4ccc(Cl)cc4)n[nH]3)CC2)cc1OC. The van der Waals surface area contributed by atoms with Crippen molar-refractivity contribution < 1.29 is 22.7 Å². The maximum Gasteiger partial charge on any atom is 0.271 e. The fourth-order valence-corrected chi connectivity index (χ4v) is 5.19. The highest BCUT2D eigenvalue weighted by Crippen LogP contribution is 2.31. The number of methoxy groups -OCH3 is 2. The Morgan fingerprint density at radius 1 is 0.970 bits per heavy atom. The molecule has 1 N–H and O–H groups in total. The van der Waals surface area contributed by atoms with Crippen molar-refractivity contribution in [2.24, 2.45) is 0 Å². The molecule has 0 aliphatic carbocycles. The number of nitrogens with zero attached hydrogens (tertiary/aromatic N) is 3. The summed E-state index contributed by atoms with van der Waals surface area (Å²) in [5.74, 6) is 0.554. The molecular formula is C22H23ClN4O5S. The Hall–Kier alpha value is -3.08. The van der Waals surface area contributed by atoms with E-state index in [-0.39, 0.29) is 37.0 Å². The number of hydrogen-bond acceptors (Lipinski definition) is 6. The molecule has 0 bridgehead atoms. The number of halogens is 1. The number of amides is 1. The number of ether oxygens (including phenoxy) is 2. The summed E-state index contributed by atoms with van der Waals surface area (Å²) in [7, 11) is -0.803. The molecule has 4 rings (SSSR count). The van der Waals surface area contributed by atoms with Gasteiger partial charge in [0, 0.05) is 42.8 Å². The summed E-state index contributed by atoms with van der Waals surface area (Å²) >= 11 is 5.92. The van der Waals surface area contributed by atoms with E-state index in [1.165, 1.54) is 30.7 Å². The van der Waals surface area contributed by atoms with Crippen molar-refractivity contribution in [3.05, 3.63) is 59.2 Å². The van der Waals surface area contributed by atoms with Gasteiger partial charge in [0.15, 0.2) is 11.5 Å². The zero-order valence-electron chi connectivity index (χ0n) is 18.1. The highest BCUT2D eigenvalue weighted by molar-refractivity contribution is 7.89. The van der Waals surface area contributed by atoms with E-state index in [1.807, 2.05) is 12.1 Å². The number of nitrogens with one attached hydrogen (secondary N) is 1. The molecule has 33 heavy (non-hydrogen) atoms. The molecule has 11 heteroatoms. The van der Waals surface area contributed by atoms with Gasteiger partial charge in [-0.25, -0.2) is 8.42 Å². The van der Waals surface area contributed by atoms with Crippen molar-refractivity contribution in [1.29, 1.82) is 0 Å². The molecule has 2 aromatic carbocycles. The quantitative estimate of drug-likeness (QED) is 0.569. The third-order valence-electron chi connectivity index (χ3n) is 5.47. The zero-order chi connectivity index (χ0) is 23.6. The lowest BCUT2D eigenvalue weighted by Gasteiger charge is -2.33. The Morgan fingerprint density at radius 3 is 2.27 bits per heavy atom. The third kappa shape index (κ3) is 4.68. The number of aromatic amines is 1. The van der Waals surface area contributed by atoms with E-state index in [0.29, 0.717) is 27.9 Å². The van der Waals surface area contributed by atoms with Crippen LogP contribution in [0.25, 0.3) is 11.3 Å². The van der Waals surface area contributed by atoms with Crippen LogP contribution in [0.5, 0.6) is 11.5 Å². The van der Waals surface area contributed by atoms with E-state index in [0.717, 1.165) is 5.56 Å². The van der Waals surface area contributed by atoms with E-state index < -0.39 is 10.0 Å². The number of carbonyl (C=O) groups is 1. The average Bonchev–Trinajstić information content (AvgIpc) is 3.34. The topological polar surface area (TPSA) is 105 Å². The molecule has 1 aliphatic rings. The molecule has 0 radical (unpaired) electrons. The summed E-state index contributed by atoms with van der Waals surface area (Å²) in [5, 5.41) is 7.60. The number of carbonyl (C=O) groups excluding carboxylic acids is 1. The van der Waals surface area contributed by atoms with Gasteiger partial charge in [0.2, 0.25) is 10.0 Å². The van der Waals surface area contributed by atoms with Crippen LogP contribution in [-0.2, 0) is 10.0 Å². The van der Waals surface area contributed by atoms with Crippen LogP contribution in [0, 0.1) is 0 Å². The lowest BCUT2D eigenvalue weighted by atomic mass is 10.1. The van der Waals surface area contributed by atoms with Crippen molar-refractivity contribution in [2.75, 3.05) is 40.4 Å². The van der Waals surface area contributed by atoms with Crippen molar-refractivity contribution in [3.8, 4) is 22.8 Å². The second-order valence-electron chi connectivity index (χ2n) is 7.39. The summed E-state index contributed by atoms with van der Waals surface area (Å²) in [4.78, 5) is 14.6. The molecule has 0 saturated carbocycles. The number of rotatable bonds is 6. The minimum Gasteiger partial charge on any atom is -0.493 e. The Balaban J connectivity index is 1.43. The minimum atomic E-state index is -3.74.